The number of benzene rings is 2. The van der Waals surface area contributed by atoms with E-state index in [1.807, 2.05) is 66.4 Å². The Morgan fingerprint density at radius 1 is 1.18 bits per heavy atom. The van der Waals surface area contributed by atoms with Gasteiger partial charge in [-0.25, -0.2) is 0 Å². The van der Waals surface area contributed by atoms with Gasteiger partial charge in [-0.15, -0.1) is 0 Å². The smallest absolute Gasteiger partial charge is 0.251 e. The van der Waals surface area contributed by atoms with Crippen molar-refractivity contribution in [1.29, 1.82) is 0 Å². The van der Waals surface area contributed by atoms with Crippen LogP contribution in [-0.2, 0) is 6.54 Å². The molecule has 28 heavy (non-hydrogen) atoms. The van der Waals surface area contributed by atoms with Crippen molar-refractivity contribution in [3.05, 3.63) is 65.7 Å². The summed E-state index contributed by atoms with van der Waals surface area (Å²) in [6, 6.07) is 18.1. The Morgan fingerprint density at radius 3 is 2.64 bits per heavy atom. The van der Waals surface area contributed by atoms with Gasteiger partial charge in [0.1, 0.15) is 11.9 Å². The molecule has 0 aliphatic carbocycles. The zero-order valence-corrected chi connectivity index (χ0v) is 17.6. The number of carbonyl (C=O) groups excluding carboxylic acids is 1. The zero-order chi connectivity index (χ0) is 19.8. The molecule has 0 spiro atoms. The number of thioether (sulfide) groups is 1. The van der Waals surface area contributed by atoms with Gasteiger partial charge in [0.25, 0.3) is 5.91 Å². The topological polar surface area (TPSA) is 41.6 Å². The van der Waals surface area contributed by atoms with Crippen LogP contribution in [0.25, 0.3) is 0 Å². The lowest BCUT2D eigenvalue weighted by molar-refractivity contribution is 0.0849. The highest BCUT2D eigenvalue weighted by Crippen LogP contribution is 2.22. The molecule has 4 nitrogen and oxygen atoms in total. The summed E-state index contributed by atoms with van der Waals surface area (Å²) in [5, 5.41) is 2.97. The Balaban J connectivity index is 1.50. The molecule has 2 aromatic rings. The number of piperidine rings is 1. The maximum atomic E-state index is 12.5. The highest BCUT2D eigenvalue weighted by Gasteiger charge is 2.23. The maximum absolute atomic E-state index is 12.5. The molecule has 1 fully saturated rings. The van der Waals surface area contributed by atoms with E-state index < -0.39 is 0 Å². The molecular formula is C23H30N2O2S. The summed E-state index contributed by atoms with van der Waals surface area (Å²) in [6.07, 6.45) is 4.45. The zero-order valence-electron chi connectivity index (χ0n) is 16.8. The summed E-state index contributed by atoms with van der Waals surface area (Å²) in [7, 11) is 0. The van der Waals surface area contributed by atoms with Crippen LogP contribution in [0.4, 0.5) is 0 Å². The van der Waals surface area contributed by atoms with Crippen LogP contribution in [0, 0.1) is 0 Å². The van der Waals surface area contributed by atoms with Gasteiger partial charge in [-0.05, 0) is 49.8 Å². The van der Waals surface area contributed by atoms with Gasteiger partial charge in [-0.2, -0.15) is 11.8 Å². The number of hydrogen-bond acceptors (Lipinski definition) is 4. The van der Waals surface area contributed by atoms with E-state index in [0.717, 1.165) is 37.2 Å². The van der Waals surface area contributed by atoms with Crippen LogP contribution in [0.3, 0.4) is 0 Å². The van der Waals surface area contributed by atoms with Gasteiger partial charge in [0, 0.05) is 37.0 Å². The monoisotopic (exact) mass is 398 g/mol. The molecule has 1 aliphatic heterocycles. The lowest BCUT2D eigenvalue weighted by atomic mass is 10.1. The molecule has 1 saturated heterocycles. The van der Waals surface area contributed by atoms with Crippen LogP contribution in [-0.4, -0.2) is 48.1 Å². The Hall–Kier alpha value is -1.98. The highest BCUT2D eigenvalue weighted by atomic mass is 32.2. The SMILES string of the molecule is CSCC(C)N1CCC(Oc2cccc(C(=O)NCc3ccccc3)c2)CC1. The molecule has 1 N–H and O–H groups in total. The van der Waals surface area contributed by atoms with Crippen LogP contribution in [0.5, 0.6) is 5.75 Å². The molecule has 1 unspecified atom stereocenters. The molecule has 1 amide bonds. The largest absolute Gasteiger partial charge is 0.490 e. The lowest BCUT2D eigenvalue weighted by Gasteiger charge is -2.35. The van der Waals surface area contributed by atoms with Gasteiger partial charge in [0.15, 0.2) is 0 Å². The Labute approximate surface area is 172 Å². The number of likely N-dealkylation sites (tertiary alicyclic amines) is 1. The van der Waals surface area contributed by atoms with E-state index in [4.69, 9.17) is 4.74 Å². The molecule has 1 atom stereocenters. The number of nitrogens with zero attached hydrogens (tertiary/aromatic N) is 1. The maximum Gasteiger partial charge on any atom is 0.251 e. The van der Waals surface area contributed by atoms with E-state index in [2.05, 4.69) is 23.4 Å². The van der Waals surface area contributed by atoms with Gasteiger partial charge < -0.3 is 10.1 Å². The molecule has 3 rings (SSSR count). The third-order valence-electron chi connectivity index (χ3n) is 5.20. The first-order valence-electron chi connectivity index (χ1n) is 9.97. The summed E-state index contributed by atoms with van der Waals surface area (Å²) in [5.41, 5.74) is 1.73. The molecule has 0 aromatic heterocycles. The average Bonchev–Trinajstić information content (AvgIpc) is 2.73. The van der Waals surface area contributed by atoms with Crippen LogP contribution >= 0.6 is 11.8 Å². The van der Waals surface area contributed by atoms with Crippen molar-refractivity contribution in [3.8, 4) is 5.75 Å². The minimum atomic E-state index is -0.0741. The highest BCUT2D eigenvalue weighted by molar-refractivity contribution is 7.98. The van der Waals surface area contributed by atoms with Crippen LogP contribution < -0.4 is 10.1 Å². The van der Waals surface area contributed by atoms with E-state index in [-0.39, 0.29) is 12.0 Å². The third-order valence-corrected chi connectivity index (χ3v) is 6.02. The normalized spacial score (nSPS) is 16.5. The van der Waals surface area contributed by atoms with E-state index in [0.29, 0.717) is 18.2 Å². The van der Waals surface area contributed by atoms with E-state index in [9.17, 15) is 4.79 Å². The lowest BCUT2D eigenvalue weighted by Crippen LogP contribution is -2.43. The molecule has 0 radical (unpaired) electrons. The Morgan fingerprint density at radius 2 is 1.93 bits per heavy atom. The van der Waals surface area contributed by atoms with Gasteiger partial charge in [0.05, 0.1) is 0 Å². The second-order valence-electron chi connectivity index (χ2n) is 7.35. The van der Waals surface area contributed by atoms with Crippen molar-refractivity contribution >= 4 is 17.7 Å². The fourth-order valence-electron chi connectivity index (χ4n) is 3.56. The van der Waals surface area contributed by atoms with Crippen molar-refractivity contribution in [2.24, 2.45) is 0 Å². The molecular weight excluding hydrogens is 368 g/mol. The van der Waals surface area contributed by atoms with Gasteiger partial charge >= 0.3 is 0 Å². The minimum absolute atomic E-state index is 0.0741. The molecule has 0 bridgehead atoms. The van der Waals surface area contributed by atoms with Crippen molar-refractivity contribution in [2.75, 3.05) is 25.1 Å². The van der Waals surface area contributed by atoms with Crippen LogP contribution in [0.1, 0.15) is 35.7 Å². The van der Waals surface area contributed by atoms with Crippen molar-refractivity contribution in [3.63, 3.8) is 0 Å². The standard InChI is InChI=1S/C23H30N2O2S/c1-18(17-28-2)25-13-11-21(12-14-25)27-22-10-6-9-20(15-22)23(26)24-16-19-7-4-3-5-8-19/h3-10,15,18,21H,11-14,16-17H2,1-2H3,(H,24,26). The number of rotatable bonds is 8. The summed E-state index contributed by atoms with van der Waals surface area (Å²) < 4.78 is 6.19. The average molecular weight is 399 g/mol. The number of nitrogens with one attached hydrogen (secondary N) is 1. The molecule has 1 heterocycles. The number of carbonyl (C=O) groups is 1. The predicted octanol–water partition coefficient (Wildman–Crippen LogP) is 4.21. The van der Waals surface area contributed by atoms with Crippen molar-refractivity contribution < 1.29 is 9.53 Å². The van der Waals surface area contributed by atoms with Crippen molar-refractivity contribution in [1.82, 2.24) is 10.2 Å². The van der Waals surface area contributed by atoms with E-state index in [1.165, 1.54) is 5.75 Å². The number of hydrogen-bond donors (Lipinski definition) is 1. The van der Waals surface area contributed by atoms with Crippen molar-refractivity contribution in [2.45, 2.75) is 38.5 Å². The predicted molar refractivity (Wildman–Crippen MR) is 117 cm³/mol. The first-order valence-corrected chi connectivity index (χ1v) is 11.4. The van der Waals surface area contributed by atoms with Gasteiger partial charge in [-0.3, -0.25) is 9.69 Å². The minimum Gasteiger partial charge on any atom is -0.490 e. The third kappa shape index (κ3) is 6.01. The summed E-state index contributed by atoms with van der Waals surface area (Å²) in [4.78, 5) is 15.0. The van der Waals surface area contributed by atoms with Gasteiger partial charge in [0.2, 0.25) is 0 Å². The quantitative estimate of drug-likeness (QED) is 0.723. The first-order chi connectivity index (χ1) is 13.7. The molecule has 1 aliphatic rings. The van der Waals surface area contributed by atoms with E-state index >= 15 is 0 Å². The van der Waals surface area contributed by atoms with Gasteiger partial charge in [-0.1, -0.05) is 36.4 Å². The molecule has 0 saturated carbocycles. The molecule has 2 aromatic carbocycles. The van der Waals surface area contributed by atoms with Crippen LogP contribution in [0.15, 0.2) is 54.6 Å². The van der Waals surface area contributed by atoms with E-state index in [1.54, 1.807) is 0 Å². The summed E-state index contributed by atoms with van der Waals surface area (Å²) >= 11 is 1.90. The second-order valence-corrected chi connectivity index (χ2v) is 8.26. The second kappa shape index (κ2) is 10.5. The van der Waals surface area contributed by atoms with Crippen LogP contribution in [0.2, 0.25) is 0 Å². The molecule has 5 heteroatoms. The first kappa shape index (κ1) is 20.7. The number of amides is 1. The fraction of sp³-hybridized carbons (Fsp3) is 0.435. The summed E-state index contributed by atoms with van der Waals surface area (Å²) in [5.74, 6) is 1.88. The number of ether oxygens (including phenoxy) is 1. The Bertz CT molecular complexity index is 745. The fourth-order valence-corrected chi connectivity index (χ4v) is 4.26. The Kier molecular flexibility index (Phi) is 7.80. The molecule has 150 valence electrons. The summed E-state index contributed by atoms with van der Waals surface area (Å²) in [6.45, 7) is 4.97.